The molecular weight excluding hydrogens is 258 g/mol. The van der Waals surface area contributed by atoms with Crippen molar-refractivity contribution < 1.29 is 14.3 Å². The molecule has 0 bridgehead atoms. The van der Waals surface area contributed by atoms with Gasteiger partial charge in [-0.05, 0) is 6.92 Å². The summed E-state index contributed by atoms with van der Waals surface area (Å²) in [6.45, 7) is 12.0. The number of ether oxygens (including phenoxy) is 2. The van der Waals surface area contributed by atoms with Crippen molar-refractivity contribution in [3.8, 4) is 0 Å². The predicted octanol–water partition coefficient (Wildman–Crippen LogP) is -0.501. The third-order valence-electron chi connectivity index (χ3n) is 3.94. The van der Waals surface area contributed by atoms with E-state index >= 15 is 0 Å². The number of piperazine rings is 1. The van der Waals surface area contributed by atoms with E-state index in [1.165, 1.54) is 0 Å². The van der Waals surface area contributed by atoms with Crippen molar-refractivity contribution in [2.24, 2.45) is 0 Å². The standard InChI is InChI=1S/C14H27N3O3/c1-2-19-10-7-15-3-5-16(6-4-15)13-14(18)17-8-11-20-12-9-17/h2-13H2,1H3. The summed E-state index contributed by atoms with van der Waals surface area (Å²) in [5.41, 5.74) is 0. The fourth-order valence-electron chi connectivity index (χ4n) is 2.61. The van der Waals surface area contributed by atoms with Crippen molar-refractivity contribution in [1.29, 1.82) is 0 Å². The first kappa shape index (κ1) is 15.7. The summed E-state index contributed by atoms with van der Waals surface area (Å²) in [6.07, 6.45) is 0. The maximum absolute atomic E-state index is 12.2. The molecule has 2 saturated heterocycles. The highest BCUT2D eigenvalue weighted by molar-refractivity contribution is 5.78. The van der Waals surface area contributed by atoms with Crippen LogP contribution in [0.3, 0.4) is 0 Å². The van der Waals surface area contributed by atoms with Gasteiger partial charge in [0.15, 0.2) is 0 Å². The van der Waals surface area contributed by atoms with Crippen molar-refractivity contribution in [3.63, 3.8) is 0 Å². The molecule has 2 fully saturated rings. The van der Waals surface area contributed by atoms with E-state index in [9.17, 15) is 4.79 Å². The summed E-state index contributed by atoms with van der Waals surface area (Å²) in [5.74, 6) is 0.246. The van der Waals surface area contributed by atoms with Crippen molar-refractivity contribution in [2.75, 3.05) is 78.8 Å². The van der Waals surface area contributed by atoms with Gasteiger partial charge in [-0.15, -0.1) is 0 Å². The highest BCUT2D eigenvalue weighted by Gasteiger charge is 2.22. The van der Waals surface area contributed by atoms with Crippen LogP contribution in [0.1, 0.15) is 6.92 Å². The lowest BCUT2D eigenvalue weighted by Crippen LogP contribution is -2.51. The zero-order valence-electron chi connectivity index (χ0n) is 12.6. The van der Waals surface area contributed by atoms with E-state index in [0.29, 0.717) is 19.8 Å². The highest BCUT2D eigenvalue weighted by atomic mass is 16.5. The quantitative estimate of drug-likeness (QED) is 0.616. The summed E-state index contributed by atoms with van der Waals surface area (Å²) >= 11 is 0. The fourth-order valence-corrected chi connectivity index (χ4v) is 2.61. The van der Waals surface area contributed by atoms with Gasteiger partial charge < -0.3 is 14.4 Å². The van der Waals surface area contributed by atoms with E-state index in [1.807, 2.05) is 11.8 Å². The molecule has 0 unspecified atom stereocenters. The van der Waals surface area contributed by atoms with Crippen molar-refractivity contribution in [2.45, 2.75) is 6.92 Å². The van der Waals surface area contributed by atoms with Crippen LogP contribution in [0.15, 0.2) is 0 Å². The predicted molar refractivity (Wildman–Crippen MR) is 76.8 cm³/mol. The van der Waals surface area contributed by atoms with Crippen LogP contribution in [0.2, 0.25) is 0 Å². The zero-order valence-corrected chi connectivity index (χ0v) is 12.6. The minimum atomic E-state index is 0.246. The van der Waals surface area contributed by atoms with Crippen molar-refractivity contribution in [1.82, 2.24) is 14.7 Å². The van der Waals surface area contributed by atoms with E-state index in [2.05, 4.69) is 9.80 Å². The van der Waals surface area contributed by atoms with Gasteiger partial charge in [-0.1, -0.05) is 0 Å². The summed E-state index contributed by atoms with van der Waals surface area (Å²) in [5, 5.41) is 0. The first-order chi connectivity index (χ1) is 9.79. The number of carbonyl (C=O) groups excluding carboxylic acids is 1. The Balaban J connectivity index is 1.62. The molecule has 0 radical (unpaired) electrons. The maximum Gasteiger partial charge on any atom is 0.236 e. The number of hydrogen-bond acceptors (Lipinski definition) is 5. The molecule has 0 atom stereocenters. The molecule has 0 aromatic carbocycles. The molecule has 6 heteroatoms. The van der Waals surface area contributed by atoms with Crippen molar-refractivity contribution in [3.05, 3.63) is 0 Å². The van der Waals surface area contributed by atoms with Gasteiger partial charge in [0.2, 0.25) is 5.91 Å². The summed E-state index contributed by atoms with van der Waals surface area (Å²) in [7, 11) is 0. The minimum absolute atomic E-state index is 0.246. The van der Waals surface area contributed by atoms with Crippen LogP contribution >= 0.6 is 0 Å². The van der Waals surface area contributed by atoms with Gasteiger partial charge in [-0.2, -0.15) is 0 Å². The second-order valence-electron chi connectivity index (χ2n) is 5.31. The van der Waals surface area contributed by atoms with Crippen LogP contribution in [-0.2, 0) is 14.3 Å². The number of rotatable bonds is 6. The van der Waals surface area contributed by atoms with Crippen LogP contribution in [0, 0.1) is 0 Å². The van der Waals surface area contributed by atoms with Gasteiger partial charge >= 0.3 is 0 Å². The molecule has 2 rings (SSSR count). The van der Waals surface area contributed by atoms with Crippen LogP contribution in [0.5, 0.6) is 0 Å². The van der Waals surface area contributed by atoms with Gasteiger partial charge in [0.1, 0.15) is 0 Å². The molecule has 20 heavy (non-hydrogen) atoms. The monoisotopic (exact) mass is 285 g/mol. The SMILES string of the molecule is CCOCCN1CCN(CC(=O)N2CCOCC2)CC1. The Morgan fingerprint density at radius 1 is 1.05 bits per heavy atom. The Bertz CT molecular complexity index is 287. The molecule has 2 aliphatic heterocycles. The molecule has 6 nitrogen and oxygen atoms in total. The normalized spacial score (nSPS) is 22.1. The van der Waals surface area contributed by atoms with E-state index in [-0.39, 0.29) is 5.91 Å². The first-order valence-corrected chi connectivity index (χ1v) is 7.67. The Hall–Kier alpha value is -0.690. The summed E-state index contributed by atoms with van der Waals surface area (Å²) in [4.78, 5) is 18.7. The smallest absolute Gasteiger partial charge is 0.236 e. The Morgan fingerprint density at radius 2 is 1.70 bits per heavy atom. The lowest BCUT2D eigenvalue weighted by molar-refractivity contribution is -0.136. The van der Waals surface area contributed by atoms with Gasteiger partial charge in [-0.3, -0.25) is 14.6 Å². The molecular formula is C14H27N3O3. The molecule has 2 aliphatic rings. The topological polar surface area (TPSA) is 45.2 Å². The molecule has 116 valence electrons. The molecule has 0 aliphatic carbocycles. The Kier molecular flexibility index (Phi) is 6.72. The van der Waals surface area contributed by atoms with E-state index < -0.39 is 0 Å². The first-order valence-electron chi connectivity index (χ1n) is 7.67. The van der Waals surface area contributed by atoms with Crippen LogP contribution < -0.4 is 0 Å². The van der Waals surface area contributed by atoms with Gasteiger partial charge in [-0.25, -0.2) is 0 Å². The molecule has 0 aromatic heterocycles. The van der Waals surface area contributed by atoms with Gasteiger partial charge in [0.25, 0.3) is 0 Å². The lowest BCUT2D eigenvalue weighted by atomic mass is 10.3. The lowest BCUT2D eigenvalue weighted by Gasteiger charge is -2.35. The van der Waals surface area contributed by atoms with Gasteiger partial charge in [0.05, 0.1) is 26.4 Å². The number of nitrogens with zero attached hydrogens (tertiary/aromatic N) is 3. The second kappa shape index (κ2) is 8.56. The Labute approximate surface area is 121 Å². The third-order valence-corrected chi connectivity index (χ3v) is 3.94. The average molecular weight is 285 g/mol. The molecule has 0 saturated carbocycles. The number of amides is 1. The summed E-state index contributed by atoms with van der Waals surface area (Å²) in [6, 6.07) is 0. The van der Waals surface area contributed by atoms with E-state index in [1.54, 1.807) is 0 Å². The highest BCUT2D eigenvalue weighted by Crippen LogP contribution is 2.04. The fraction of sp³-hybridized carbons (Fsp3) is 0.929. The zero-order chi connectivity index (χ0) is 14.2. The molecule has 0 N–H and O–H groups in total. The van der Waals surface area contributed by atoms with Crippen molar-refractivity contribution >= 4 is 5.91 Å². The average Bonchev–Trinajstić information content (AvgIpc) is 2.50. The summed E-state index contributed by atoms with van der Waals surface area (Å²) < 4.78 is 10.7. The van der Waals surface area contributed by atoms with E-state index in [0.717, 1.165) is 59.0 Å². The molecule has 0 spiro atoms. The minimum Gasteiger partial charge on any atom is -0.380 e. The van der Waals surface area contributed by atoms with E-state index in [4.69, 9.17) is 9.47 Å². The number of morpholine rings is 1. The third kappa shape index (κ3) is 5.01. The Morgan fingerprint density at radius 3 is 2.35 bits per heavy atom. The number of hydrogen-bond donors (Lipinski definition) is 0. The molecule has 2 heterocycles. The van der Waals surface area contributed by atoms with Crippen LogP contribution in [0.25, 0.3) is 0 Å². The van der Waals surface area contributed by atoms with Crippen LogP contribution in [0.4, 0.5) is 0 Å². The molecule has 0 aromatic rings. The molecule has 1 amide bonds. The second-order valence-corrected chi connectivity index (χ2v) is 5.31. The largest absolute Gasteiger partial charge is 0.380 e. The maximum atomic E-state index is 12.2. The van der Waals surface area contributed by atoms with Gasteiger partial charge in [0, 0.05) is 52.4 Å². The number of carbonyl (C=O) groups is 1. The van der Waals surface area contributed by atoms with Crippen LogP contribution in [-0.4, -0.2) is 99.4 Å².